The lowest BCUT2D eigenvalue weighted by Gasteiger charge is -2.11. The molecule has 0 spiro atoms. The van der Waals surface area contributed by atoms with Gasteiger partial charge in [0, 0.05) is 24.4 Å². The third kappa shape index (κ3) is 3.59. The SMILES string of the molecule is COc1ccnc(-c2ccccc2[S+]([O-])c2nc3cc(OC)c(OC)cc3[nH]2)c1. The van der Waals surface area contributed by atoms with E-state index >= 15 is 0 Å². The first kappa shape index (κ1) is 19.1. The minimum Gasteiger partial charge on any atom is -0.604 e. The zero-order valence-corrected chi connectivity index (χ0v) is 16.9. The highest BCUT2D eigenvalue weighted by molar-refractivity contribution is 7.91. The number of H-pyrrole nitrogens is 1. The van der Waals surface area contributed by atoms with E-state index in [1.807, 2.05) is 24.3 Å². The van der Waals surface area contributed by atoms with Crippen LogP contribution in [0.25, 0.3) is 22.3 Å². The number of benzene rings is 2. The molecule has 0 aliphatic heterocycles. The maximum atomic E-state index is 13.4. The Bertz CT molecular complexity index is 1120. The van der Waals surface area contributed by atoms with Crippen molar-refractivity contribution in [3.05, 3.63) is 54.7 Å². The topological polar surface area (TPSA) is 92.3 Å². The van der Waals surface area contributed by atoms with Gasteiger partial charge in [-0.15, -0.1) is 0 Å². The van der Waals surface area contributed by atoms with Gasteiger partial charge in [0.1, 0.15) is 5.75 Å². The summed E-state index contributed by atoms with van der Waals surface area (Å²) >= 11 is -1.55. The summed E-state index contributed by atoms with van der Waals surface area (Å²) in [4.78, 5) is 12.6. The van der Waals surface area contributed by atoms with Crippen molar-refractivity contribution < 1.29 is 18.8 Å². The van der Waals surface area contributed by atoms with Crippen LogP contribution in [0.4, 0.5) is 0 Å². The summed E-state index contributed by atoms with van der Waals surface area (Å²) in [5, 5.41) is 0.339. The molecule has 2 heterocycles. The first-order chi connectivity index (χ1) is 14.1. The molecule has 148 valence electrons. The number of aromatic nitrogens is 3. The summed E-state index contributed by atoms with van der Waals surface area (Å²) in [6.45, 7) is 0. The van der Waals surface area contributed by atoms with Crippen molar-refractivity contribution in [3.8, 4) is 28.5 Å². The minimum absolute atomic E-state index is 0.339. The van der Waals surface area contributed by atoms with Gasteiger partial charge >= 0.3 is 5.16 Å². The van der Waals surface area contributed by atoms with Crippen molar-refractivity contribution in [3.63, 3.8) is 0 Å². The summed E-state index contributed by atoms with van der Waals surface area (Å²) in [6, 6.07) is 14.5. The summed E-state index contributed by atoms with van der Waals surface area (Å²) in [6.07, 6.45) is 1.66. The number of pyridine rings is 1. The smallest absolute Gasteiger partial charge is 0.327 e. The monoisotopic (exact) mass is 409 g/mol. The number of nitrogens with zero attached hydrogens (tertiary/aromatic N) is 2. The molecule has 0 bridgehead atoms. The highest BCUT2D eigenvalue weighted by Gasteiger charge is 2.25. The molecule has 1 unspecified atom stereocenters. The van der Waals surface area contributed by atoms with E-state index in [1.54, 1.807) is 51.8 Å². The van der Waals surface area contributed by atoms with Gasteiger partial charge in [-0.1, -0.05) is 12.1 Å². The van der Waals surface area contributed by atoms with E-state index in [2.05, 4.69) is 15.0 Å². The normalized spacial score (nSPS) is 12.0. The van der Waals surface area contributed by atoms with Gasteiger partial charge in [0.15, 0.2) is 16.4 Å². The number of ether oxygens (including phenoxy) is 3. The summed E-state index contributed by atoms with van der Waals surface area (Å²) in [5.41, 5.74) is 2.78. The highest BCUT2D eigenvalue weighted by atomic mass is 32.2. The van der Waals surface area contributed by atoms with Gasteiger partial charge in [-0.3, -0.25) is 9.97 Å². The lowest BCUT2D eigenvalue weighted by atomic mass is 10.1. The molecule has 0 aliphatic carbocycles. The molecule has 2 aromatic carbocycles. The van der Waals surface area contributed by atoms with Crippen LogP contribution in [0.3, 0.4) is 0 Å². The number of nitrogens with one attached hydrogen (secondary N) is 1. The average molecular weight is 409 g/mol. The number of methoxy groups -OCH3 is 3. The molecule has 4 rings (SSSR count). The van der Waals surface area contributed by atoms with Crippen LogP contribution in [-0.2, 0) is 11.2 Å². The van der Waals surface area contributed by atoms with Crippen molar-refractivity contribution in [2.24, 2.45) is 0 Å². The van der Waals surface area contributed by atoms with Crippen molar-refractivity contribution >= 4 is 22.2 Å². The zero-order chi connectivity index (χ0) is 20.4. The molecule has 0 fully saturated rings. The van der Waals surface area contributed by atoms with Crippen LogP contribution in [0, 0.1) is 0 Å². The molecular formula is C21H19N3O4S. The molecule has 4 aromatic rings. The summed E-state index contributed by atoms with van der Waals surface area (Å²) in [7, 11) is 4.73. The van der Waals surface area contributed by atoms with Crippen molar-refractivity contribution in [1.82, 2.24) is 15.0 Å². The first-order valence-electron chi connectivity index (χ1n) is 8.77. The molecule has 7 nitrogen and oxygen atoms in total. The van der Waals surface area contributed by atoms with E-state index in [9.17, 15) is 4.55 Å². The zero-order valence-electron chi connectivity index (χ0n) is 16.1. The molecular weight excluding hydrogens is 390 g/mol. The van der Waals surface area contributed by atoms with E-state index in [0.717, 1.165) is 5.56 Å². The number of aromatic amines is 1. The Kier molecular flexibility index (Phi) is 5.28. The third-order valence-corrected chi connectivity index (χ3v) is 5.77. The maximum absolute atomic E-state index is 13.4. The second kappa shape index (κ2) is 8.02. The standard InChI is InChI=1S/C21H19N3O4S/c1-26-13-8-9-22-15(10-13)14-6-4-5-7-20(14)29(25)21-23-16-11-18(27-2)19(28-3)12-17(16)24-21/h4-12H,1-3H3,(H,23,24). The van der Waals surface area contributed by atoms with E-state index in [4.69, 9.17) is 14.2 Å². The predicted octanol–water partition coefficient (Wildman–Crippen LogP) is 3.82. The van der Waals surface area contributed by atoms with E-state index < -0.39 is 11.2 Å². The Balaban J connectivity index is 1.78. The minimum atomic E-state index is -1.55. The van der Waals surface area contributed by atoms with Crippen LogP contribution in [0.2, 0.25) is 0 Å². The second-order valence-corrected chi connectivity index (χ2v) is 7.48. The van der Waals surface area contributed by atoms with Gasteiger partial charge < -0.3 is 18.8 Å². The fourth-order valence-corrected chi connectivity index (χ4v) is 4.20. The number of imidazole rings is 1. The molecule has 0 saturated carbocycles. The van der Waals surface area contributed by atoms with E-state index in [-0.39, 0.29) is 0 Å². The van der Waals surface area contributed by atoms with Gasteiger partial charge in [-0.05, 0) is 18.2 Å². The summed E-state index contributed by atoms with van der Waals surface area (Å²) in [5.74, 6) is 1.81. The Labute approximate surface area is 170 Å². The molecule has 1 N–H and O–H groups in total. The van der Waals surface area contributed by atoms with Crippen LogP contribution in [-0.4, -0.2) is 40.8 Å². The van der Waals surface area contributed by atoms with Gasteiger partial charge in [-0.25, -0.2) is 0 Å². The van der Waals surface area contributed by atoms with Crippen LogP contribution in [0.5, 0.6) is 17.2 Å². The highest BCUT2D eigenvalue weighted by Crippen LogP contribution is 2.34. The van der Waals surface area contributed by atoms with E-state index in [0.29, 0.717) is 44.0 Å². The van der Waals surface area contributed by atoms with E-state index in [1.165, 1.54) is 0 Å². The van der Waals surface area contributed by atoms with Crippen LogP contribution in [0.1, 0.15) is 0 Å². The van der Waals surface area contributed by atoms with Gasteiger partial charge in [0.25, 0.3) is 0 Å². The number of hydrogen-bond donors (Lipinski definition) is 1. The molecule has 0 radical (unpaired) electrons. The van der Waals surface area contributed by atoms with Crippen molar-refractivity contribution in [1.29, 1.82) is 0 Å². The van der Waals surface area contributed by atoms with Gasteiger partial charge in [0.2, 0.25) is 0 Å². The van der Waals surface area contributed by atoms with Crippen molar-refractivity contribution in [2.75, 3.05) is 21.3 Å². The molecule has 2 aromatic heterocycles. The number of hydrogen-bond acceptors (Lipinski definition) is 6. The first-order valence-corrected chi connectivity index (χ1v) is 9.92. The van der Waals surface area contributed by atoms with Gasteiger partial charge in [-0.2, -0.15) is 4.98 Å². The average Bonchev–Trinajstić information content (AvgIpc) is 3.20. The number of rotatable bonds is 6. The Hall–Kier alpha value is -3.23. The maximum Gasteiger partial charge on any atom is 0.327 e. The molecule has 0 saturated heterocycles. The van der Waals surface area contributed by atoms with Crippen LogP contribution >= 0.6 is 0 Å². The number of fused-ring (bicyclic) bond motifs is 1. The van der Waals surface area contributed by atoms with Crippen molar-refractivity contribution in [2.45, 2.75) is 10.1 Å². The molecule has 0 aliphatic rings. The lowest BCUT2D eigenvalue weighted by molar-refractivity contribution is 0.356. The second-order valence-electron chi connectivity index (χ2n) is 6.11. The predicted molar refractivity (Wildman–Crippen MR) is 110 cm³/mol. The Morgan fingerprint density at radius 3 is 2.45 bits per heavy atom. The molecule has 0 amide bonds. The molecule has 29 heavy (non-hydrogen) atoms. The molecule has 8 heteroatoms. The lowest BCUT2D eigenvalue weighted by Crippen LogP contribution is -2.06. The van der Waals surface area contributed by atoms with Crippen LogP contribution < -0.4 is 14.2 Å². The van der Waals surface area contributed by atoms with Gasteiger partial charge in [0.05, 0.1) is 54.8 Å². The molecule has 1 atom stereocenters. The fraction of sp³-hybridized carbons (Fsp3) is 0.143. The largest absolute Gasteiger partial charge is 0.604 e. The Morgan fingerprint density at radius 2 is 1.69 bits per heavy atom. The fourth-order valence-electron chi connectivity index (χ4n) is 3.03. The summed E-state index contributed by atoms with van der Waals surface area (Å²) < 4.78 is 29.3. The van der Waals surface area contributed by atoms with Crippen LogP contribution in [0.15, 0.2) is 64.8 Å². The Morgan fingerprint density at radius 1 is 0.931 bits per heavy atom. The quantitative estimate of drug-likeness (QED) is 0.487. The third-order valence-electron chi connectivity index (χ3n) is 4.47.